The summed E-state index contributed by atoms with van der Waals surface area (Å²) in [4.78, 5) is 0. The zero-order chi connectivity index (χ0) is 12.6. The summed E-state index contributed by atoms with van der Waals surface area (Å²) < 4.78 is 12.9. The SMILES string of the molecule is CC.CC.Fc1ccc2ccccc2c1Cl. The maximum atomic E-state index is 12.9. The van der Waals surface area contributed by atoms with Crippen molar-refractivity contribution in [3.8, 4) is 0 Å². The molecule has 0 amide bonds. The Bertz CT molecular complexity index is 424. The molecule has 88 valence electrons. The smallest absolute Gasteiger partial charge is 0.142 e. The predicted octanol–water partition coefficient (Wildman–Crippen LogP) is 5.68. The number of rotatable bonds is 0. The van der Waals surface area contributed by atoms with E-state index in [-0.39, 0.29) is 10.8 Å². The Labute approximate surface area is 102 Å². The molecular formula is C14H18ClF. The van der Waals surface area contributed by atoms with Gasteiger partial charge in [0.25, 0.3) is 0 Å². The van der Waals surface area contributed by atoms with Crippen LogP contribution in [0.3, 0.4) is 0 Å². The topological polar surface area (TPSA) is 0 Å². The van der Waals surface area contributed by atoms with Crippen LogP contribution in [0.15, 0.2) is 36.4 Å². The van der Waals surface area contributed by atoms with Crippen LogP contribution >= 0.6 is 11.6 Å². The van der Waals surface area contributed by atoms with Crippen molar-refractivity contribution >= 4 is 22.4 Å². The summed E-state index contributed by atoms with van der Waals surface area (Å²) in [5.74, 6) is -0.365. The Morgan fingerprint density at radius 1 is 0.875 bits per heavy atom. The fourth-order valence-corrected chi connectivity index (χ4v) is 1.44. The Hall–Kier alpha value is -1.08. The lowest BCUT2D eigenvalue weighted by Crippen LogP contribution is -1.78. The minimum atomic E-state index is -0.365. The van der Waals surface area contributed by atoms with Crippen molar-refractivity contribution < 1.29 is 4.39 Å². The van der Waals surface area contributed by atoms with Gasteiger partial charge in [-0.05, 0) is 11.5 Å². The van der Waals surface area contributed by atoms with Gasteiger partial charge in [-0.25, -0.2) is 4.39 Å². The van der Waals surface area contributed by atoms with Crippen LogP contribution in [0.2, 0.25) is 5.02 Å². The molecule has 2 heteroatoms. The molecule has 0 nitrogen and oxygen atoms in total. The number of hydrogen-bond acceptors (Lipinski definition) is 0. The van der Waals surface area contributed by atoms with E-state index in [9.17, 15) is 4.39 Å². The van der Waals surface area contributed by atoms with Gasteiger partial charge in [-0.15, -0.1) is 0 Å². The second-order valence-electron chi connectivity index (χ2n) is 2.58. The first-order valence-corrected chi connectivity index (χ1v) is 5.99. The highest BCUT2D eigenvalue weighted by molar-refractivity contribution is 6.35. The predicted molar refractivity (Wildman–Crippen MR) is 71.6 cm³/mol. The Balaban J connectivity index is 0.000000509. The quantitative estimate of drug-likeness (QED) is 0.555. The third-order valence-electron chi connectivity index (χ3n) is 1.82. The molecule has 0 aliphatic rings. The van der Waals surface area contributed by atoms with Crippen molar-refractivity contribution in [1.29, 1.82) is 0 Å². The highest BCUT2D eigenvalue weighted by atomic mass is 35.5. The van der Waals surface area contributed by atoms with Crippen molar-refractivity contribution in [2.45, 2.75) is 27.7 Å². The number of fused-ring (bicyclic) bond motifs is 1. The van der Waals surface area contributed by atoms with Crippen LogP contribution in [0.1, 0.15) is 27.7 Å². The molecule has 0 aliphatic carbocycles. The summed E-state index contributed by atoms with van der Waals surface area (Å²) >= 11 is 5.75. The van der Waals surface area contributed by atoms with Gasteiger partial charge >= 0.3 is 0 Å². The Morgan fingerprint density at radius 3 is 2.06 bits per heavy atom. The molecule has 0 fully saturated rings. The van der Waals surface area contributed by atoms with E-state index >= 15 is 0 Å². The minimum absolute atomic E-state index is 0.202. The van der Waals surface area contributed by atoms with Gasteiger partial charge < -0.3 is 0 Å². The molecule has 0 aromatic heterocycles. The maximum Gasteiger partial charge on any atom is 0.142 e. The van der Waals surface area contributed by atoms with E-state index in [0.717, 1.165) is 10.8 Å². The lowest BCUT2D eigenvalue weighted by molar-refractivity contribution is 0.630. The molecule has 0 unspecified atom stereocenters. The summed E-state index contributed by atoms with van der Waals surface area (Å²) in [6.45, 7) is 8.00. The molecule has 0 atom stereocenters. The summed E-state index contributed by atoms with van der Waals surface area (Å²) in [5, 5.41) is 1.93. The number of hydrogen-bond donors (Lipinski definition) is 0. The van der Waals surface area contributed by atoms with E-state index in [0.29, 0.717) is 0 Å². The summed E-state index contributed by atoms with van der Waals surface area (Å²) in [6.07, 6.45) is 0. The average Bonchev–Trinajstić information content (AvgIpc) is 2.39. The van der Waals surface area contributed by atoms with Gasteiger partial charge in [0.2, 0.25) is 0 Å². The van der Waals surface area contributed by atoms with Crippen LogP contribution < -0.4 is 0 Å². The average molecular weight is 241 g/mol. The molecule has 16 heavy (non-hydrogen) atoms. The largest absolute Gasteiger partial charge is 0.205 e. The Morgan fingerprint density at radius 2 is 1.44 bits per heavy atom. The lowest BCUT2D eigenvalue weighted by Gasteiger charge is -1.99. The van der Waals surface area contributed by atoms with E-state index in [2.05, 4.69) is 0 Å². The molecule has 0 aliphatic heterocycles. The second kappa shape index (κ2) is 8.12. The third kappa shape index (κ3) is 3.49. The van der Waals surface area contributed by atoms with Crippen LogP contribution in [0, 0.1) is 5.82 Å². The van der Waals surface area contributed by atoms with Gasteiger partial charge in [-0.3, -0.25) is 0 Å². The molecule has 0 saturated carbocycles. The number of benzene rings is 2. The zero-order valence-corrected chi connectivity index (χ0v) is 11.0. The number of halogens is 2. The molecule has 0 heterocycles. The summed E-state index contributed by atoms with van der Waals surface area (Å²) in [6, 6.07) is 10.5. The van der Waals surface area contributed by atoms with Gasteiger partial charge in [0.1, 0.15) is 5.82 Å². The zero-order valence-electron chi connectivity index (χ0n) is 10.2. The van der Waals surface area contributed by atoms with Crippen molar-refractivity contribution in [3.63, 3.8) is 0 Å². The molecule has 0 saturated heterocycles. The molecule has 2 rings (SSSR count). The standard InChI is InChI=1S/C10H6ClF.2C2H6/c11-10-8-4-2-1-3-7(8)5-6-9(10)12;2*1-2/h1-6H;2*1-2H3. The van der Waals surface area contributed by atoms with E-state index in [4.69, 9.17) is 11.6 Å². The highest BCUT2D eigenvalue weighted by Crippen LogP contribution is 2.25. The van der Waals surface area contributed by atoms with E-state index in [1.807, 2.05) is 45.9 Å². The molecule has 2 aromatic carbocycles. The molecular weight excluding hydrogens is 223 g/mol. The first kappa shape index (κ1) is 14.9. The first-order chi connectivity index (χ1) is 7.79. The van der Waals surface area contributed by atoms with Gasteiger partial charge in [0.05, 0.1) is 5.02 Å². The molecule has 2 aromatic rings. The Kier molecular flexibility index (Phi) is 7.57. The van der Waals surface area contributed by atoms with Gasteiger partial charge in [0.15, 0.2) is 0 Å². The molecule has 0 N–H and O–H groups in total. The molecule has 0 spiro atoms. The second-order valence-corrected chi connectivity index (χ2v) is 2.96. The summed E-state index contributed by atoms with van der Waals surface area (Å²) in [7, 11) is 0. The normalized spacial score (nSPS) is 8.62. The lowest BCUT2D eigenvalue weighted by atomic mass is 10.1. The van der Waals surface area contributed by atoms with Gasteiger partial charge in [-0.2, -0.15) is 0 Å². The molecule has 0 radical (unpaired) electrons. The monoisotopic (exact) mass is 240 g/mol. The minimum Gasteiger partial charge on any atom is -0.205 e. The van der Waals surface area contributed by atoms with E-state index < -0.39 is 0 Å². The fourth-order valence-electron chi connectivity index (χ4n) is 1.21. The van der Waals surface area contributed by atoms with Crippen LogP contribution in [-0.4, -0.2) is 0 Å². The van der Waals surface area contributed by atoms with Crippen LogP contribution in [0.5, 0.6) is 0 Å². The first-order valence-electron chi connectivity index (χ1n) is 5.62. The van der Waals surface area contributed by atoms with Gasteiger partial charge in [0, 0.05) is 5.39 Å². The van der Waals surface area contributed by atoms with Crippen LogP contribution in [0.25, 0.3) is 10.8 Å². The van der Waals surface area contributed by atoms with Crippen molar-refractivity contribution in [1.82, 2.24) is 0 Å². The maximum absolute atomic E-state index is 12.9. The summed E-state index contributed by atoms with van der Waals surface area (Å²) in [5.41, 5.74) is 0. The van der Waals surface area contributed by atoms with Gasteiger partial charge in [-0.1, -0.05) is 69.6 Å². The third-order valence-corrected chi connectivity index (χ3v) is 2.20. The van der Waals surface area contributed by atoms with E-state index in [1.165, 1.54) is 6.07 Å². The fraction of sp³-hybridized carbons (Fsp3) is 0.286. The van der Waals surface area contributed by atoms with Crippen LogP contribution in [0.4, 0.5) is 4.39 Å². The van der Waals surface area contributed by atoms with Crippen molar-refractivity contribution in [2.75, 3.05) is 0 Å². The molecule has 0 bridgehead atoms. The van der Waals surface area contributed by atoms with Crippen molar-refractivity contribution in [3.05, 3.63) is 47.2 Å². The van der Waals surface area contributed by atoms with Crippen molar-refractivity contribution in [2.24, 2.45) is 0 Å². The van der Waals surface area contributed by atoms with E-state index in [1.54, 1.807) is 12.1 Å². The van der Waals surface area contributed by atoms with Crippen LogP contribution in [-0.2, 0) is 0 Å². The highest BCUT2D eigenvalue weighted by Gasteiger charge is 2.02.